The molecular weight excluding hydrogens is 252 g/mol. The van der Waals surface area contributed by atoms with Crippen LogP contribution in [0.3, 0.4) is 0 Å². The third kappa shape index (κ3) is 9.10. The lowest BCUT2D eigenvalue weighted by atomic mass is 10.4. The lowest BCUT2D eigenvalue weighted by Crippen LogP contribution is -2.30. The first-order valence-corrected chi connectivity index (χ1v) is 6.40. The van der Waals surface area contributed by atoms with Crippen LogP contribution in [0.4, 0.5) is 0 Å². The minimum absolute atomic E-state index is 0.187. The molecule has 0 aliphatic carbocycles. The van der Waals surface area contributed by atoms with Gasteiger partial charge in [0.1, 0.15) is 19.0 Å². The number of rotatable bonds is 13. The Morgan fingerprint density at radius 2 is 2.11 bits per heavy atom. The Hall–Kier alpha value is -0.500. The molecule has 1 heterocycles. The summed E-state index contributed by atoms with van der Waals surface area (Å²) < 4.78 is 31.7. The van der Waals surface area contributed by atoms with Crippen LogP contribution in [0.1, 0.15) is 6.92 Å². The average molecular weight is 276 g/mol. The van der Waals surface area contributed by atoms with E-state index in [1.54, 1.807) is 13.2 Å². The molecule has 0 N–H and O–H groups in total. The molecule has 1 rings (SSSR count). The normalized spacial score (nSPS) is 21.1. The highest BCUT2D eigenvalue weighted by Gasteiger charge is 2.23. The Kier molecular flexibility index (Phi) is 8.98. The summed E-state index contributed by atoms with van der Waals surface area (Å²) >= 11 is 0. The zero-order chi connectivity index (χ0) is 13.9. The van der Waals surface area contributed by atoms with Crippen LogP contribution < -0.4 is 0 Å². The molecule has 0 amide bonds. The van der Waals surface area contributed by atoms with Gasteiger partial charge in [-0.05, 0) is 6.92 Å². The number of hydrogen-bond donors (Lipinski definition) is 0. The van der Waals surface area contributed by atoms with Crippen molar-refractivity contribution in [3.05, 3.63) is 12.7 Å². The molecule has 19 heavy (non-hydrogen) atoms. The predicted octanol–water partition coefficient (Wildman–Crippen LogP) is 0.956. The third-order valence-electron chi connectivity index (χ3n) is 2.40. The van der Waals surface area contributed by atoms with Crippen molar-refractivity contribution in [2.75, 3.05) is 46.9 Å². The summed E-state index contributed by atoms with van der Waals surface area (Å²) in [6, 6.07) is 0. The molecule has 1 aliphatic rings. The molecule has 0 bridgehead atoms. The second kappa shape index (κ2) is 10.3. The van der Waals surface area contributed by atoms with E-state index in [4.69, 9.17) is 28.4 Å². The summed E-state index contributed by atoms with van der Waals surface area (Å²) in [6.45, 7) is 8.27. The van der Waals surface area contributed by atoms with Gasteiger partial charge in [0.25, 0.3) is 0 Å². The minimum Gasteiger partial charge on any atom is -0.376 e. The van der Waals surface area contributed by atoms with Crippen molar-refractivity contribution in [2.45, 2.75) is 25.4 Å². The van der Waals surface area contributed by atoms with E-state index in [0.717, 1.165) is 6.61 Å². The van der Waals surface area contributed by atoms with Gasteiger partial charge in [0, 0.05) is 7.11 Å². The Morgan fingerprint density at radius 1 is 1.32 bits per heavy atom. The van der Waals surface area contributed by atoms with E-state index < -0.39 is 0 Å². The van der Waals surface area contributed by atoms with Gasteiger partial charge >= 0.3 is 0 Å². The van der Waals surface area contributed by atoms with Crippen LogP contribution in [0, 0.1) is 0 Å². The van der Waals surface area contributed by atoms with Gasteiger partial charge < -0.3 is 28.4 Å². The maximum absolute atomic E-state index is 5.51. The van der Waals surface area contributed by atoms with Crippen molar-refractivity contribution in [3.8, 4) is 0 Å². The Bertz CT molecular complexity index is 231. The van der Waals surface area contributed by atoms with E-state index in [1.165, 1.54) is 0 Å². The Labute approximate surface area is 114 Å². The Morgan fingerprint density at radius 3 is 2.74 bits per heavy atom. The van der Waals surface area contributed by atoms with Crippen LogP contribution in [0.5, 0.6) is 0 Å². The second-order valence-corrected chi connectivity index (χ2v) is 4.21. The standard InChI is InChI=1S/C13H24O6/c1-4-5-16-11(2)17-8-13(19-10-14-3)7-15-6-12-9-18-12/h4,11-13H,1,5-10H2,2-3H3. The SMILES string of the molecule is C=CCOC(C)OCC(COCC1CO1)OCOC. The lowest BCUT2D eigenvalue weighted by molar-refractivity contribution is -0.172. The quantitative estimate of drug-likeness (QED) is 0.284. The fourth-order valence-corrected chi connectivity index (χ4v) is 1.30. The molecule has 1 saturated heterocycles. The van der Waals surface area contributed by atoms with Crippen LogP contribution >= 0.6 is 0 Å². The fraction of sp³-hybridized carbons (Fsp3) is 0.846. The fourth-order valence-electron chi connectivity index (χ4n) is 1.30. The van der Waals surface area contributed by atoms with E-state index in [1.807, 2.05) is 6.92 Å². The maximum atomic E-state index is 5.51. The van der Waals surface area contributed by atoms with E-state index in [2.05, 4.69) is 6.58 Å². The van der Waals surface area contributed by atoms with E-state index in [9.17, 15) is 0 Å². The first-order chi connectivity index (χ1) is 9.26. The zero-order valence-corrected chi connectivity index (χ0v) is 11.7. The molecule has 0 aromatic rings. The van der Waals surface area contributed by atoms with Crippen molar-refractivity contribution in [1.29, 1.82) is 0 Å². The first kappa shape index (κ1) is 16.6. The molecule has 6 nitrogen and oxygen atoms in total. The largest absolute Gasteiger partial charge is 0.376 e. The van der Waals surface area contributed by atoms with E-state index in [0.29, 0.717) is 26.4 Å². The van der Waals surface area contributed by atoms with Gasteiger partial charge in [0.15, 0.2) is 6.29 Å². The van der Waals surface area contributed by atoms with Gasteiger partial charge in [-0.1, -0.05) is 6.08 Å². The van der Waals surface area contributed by atoms with Crippen LogP contribution in [-0.2, 0) is 28.4 Å². The third-order valence-corrected chi connectivity index (χ3v) is 2.40. The zero-order valence-electron chi connectivity index (χ0n) is 11.7. The molecule has 0 aromatic carbocycles. The highest BCUT2D eigenvalue weighted by Crippen LogP contribution is 2.09. The summed E-state index contributed by atoms with van der Waals surface area (Å²) in [5.74, 6) is 0. The van der Waals surface area contributed by atoms with E-state index in [-0.39, 0.29) is 25.3 Å². The monoisotopic (exact) mass is 276 g/mol. The summed E-state index contributed by atoms with van der Waals surface area (Å²) in [6.07, 6.45) is 1.43. The average Bonchev–Trinajstić information content (AvgIpc) is 3.23. The van der Waals surface area contributed by atoms with Crippen LogP contribution in [0.15, 0.2) is 12.7 Å². The molecule has 1 aliphatic heterocycles. The molecular formula is C13H24O6. The molecule has 1 fully saturated rings. The van der Waals surface area contributed by atoms with Gasteiger partial charge in [-0.25, -0.2) is 0 Å². The van der Waals surface area contributed by atoms with Gasteiger partial charge in [-0.15, -0.1) is 6.58 Å². The van der Waals surface area contributed by atoms with Crippen molar-refractivity contribution in [1.82, 2.24) is 0 Å². The molecule has 112 valence electrons. The second-order valence-electron chi connectivity index (χ2n) is 4.21. The van der Waals surface area contributed by atoms with Crippen molar-refractivity contribution in [2.24, 2.45) is 0 Å². The van der Waals surface area contributed by atoms with Gasteiger partial charge in [0.2, 0.25) is 0 Å². The molecule has 6 heteroatoms. The van der Waals surface area contributed by atoms with Crippen molar-refractivity contribution in [3.63, 3.8) is 0 Å². The molecule has 0 radical (unpaired) electrons. The first-order valence-electron chi connectivity index (χ1n) is 6.40. The topological polar surface area (TPSA) is 58.7 Å². The molecule has 0 aromatic heterocycles. The summed E-state index contributed by atoms with van der Waals surface area (Å²) in [5.41, 5.74) is 0. The van der Waals surface area contributed by atoms with Gasteiger partial charge in [-0.2, -0.15) is 0 Å². The maximum Gasteiger partial charge on any atom is 0.155 e. The highest BCUT2D eigenvalue weighted by molar-refractivity contribution is 4.68. The Balaban J connectivity index is 2.12. The number of epoxide rings is 1. The molecule has 3 unspecified atom stereocenters. The van der Waals surface area contributed by atoms with Crippen molar-refractivity contribution < 1.29 is 28.4 Å². The summed E-state index contributed by atoms with van der Waals surface area (Å²) in [7, 11) is 1.58. The smallest absolute Gasteiger partial charge is 0.155 e. The number of methoxy groups -OCH3 is 1. The number of hydrogen-bond acceptors (Lipinski definition) is 6. The molecule has 3 atom stereocenters. The summed E-state index contributed by atoms with van der Waals surface area (Å²) in [5, 5.41) is 0. The lowest BCUT2D eigenvalue weighted by Gasteiger charge is -2.20. The van der Waals surface area contributed by atoms with Crippen LogP contribution in [-0.4, -0.2) is 65.4 Å². The van der Waals surface area contributed by atoms with Gasteiger partial charge in [0.05, 0.1) is 33.0 Å². The predicted molar refractivity (Wildman–Crippen MR) is 68.9 cm³/mol. The highest BCUT2D eigenvalue weighted by atomic mass is 16.7. The number of ether oxygens (including phenoxy) is 6. The van der Waals surface area contributed by atoms with E-state index >= 15 is 0 Å². The molecule has 0 saturated carbocycles. The van der Waals surface area contributed by atoms with Crippen LogP contribution in [0.2, 0.25) is 0 Å². The van der Waals surface area contributed by atoms with Crippen LogP contribution in [0.25, 0.3) is 0 Å². The van der Waals surface area contributed by atoms with Crippen molar-refractivity contribution >= 4 is 0 Å². The minimum atomic E-state index is -0.307. The van der Waals surface area contributed by atoms with Gasteiger partial charge in [-0.3, -0.25) is 0 Å². The summed E-state index contributed by atoms with van der Waals surface area (Å²) in [4.78, 5) is 0. The molecule has 0 spiro atoms.